The van der Waals surface area contributed by atoms with Crippen LogP contribution in [0.25, 0.3) is 0 Å². The molecule has 0 radical (unpaired) electrons. The summed E-state index contributed by atoms with van der Waals surface area (Å²) in [4.78, 5) is 4.97. The van der Waals surface area contributed by atoms with Crippen molar-refractivity contribution in [2.75, 3.05) is 85.8 Å². The smallest absolute Gasteiger partial charge is 0.0826 e. The van der Waals surface area contributed by atoms with Crippen molar-refractivity contribution in [3.8, 4) is 0 Å². The standard InChI is InChI=1S/C15H32N4O2/c1-16-4-6-19-9-12-21-15(14-19)13-17-3-2-5-18-7-10-20-11-8-18/h15-17H,2-14H2,1H3. The Balaban J connectivity index is 1.47. The van der Waals surface area contributed by atoms with E-state index in [9.17, 15) is 0 Å². The van der Waals surface area contributed by atoms with E-state index in [-0.39, 0.29) is 0 Å². The second-order valence-electron chi connectivity index (χ2n) is 5.91. The average Bonchev–Trinajstić information content (AvgIpc) is 2.54. The van der Waals surface area contributed by atoms with Crippen LogP contribution in [-0.4, -0.2) is 102 Å². The SMILES string of the molecule is CNCCN1CCOC(CNCCCN2CCOCC2)C1. The van der Waals surface area contributed by atoms with Gasteiger partial charge < -0.3 is 20.1 Å². The first kappa shape index (κ1) is 17.1. The lowest BCUT2D eigenvalue weighted by Gasteiger charge is -2.33. The predicted molar refractivity (Wildman–Crippen MR) is 84.9 cm³/mol. The molecule has 2 saturated heterocycles. The van der Waals surface area contributed by atoms with Crippen LogP contribution in [0.5, 0.6) is 0 Å². The second-order valence-corrected chi connectivity index (χ2v) is 5.91. The molecule has 2 N–H and O–H groups in total. The van der Waals surface area contributed by atoms with E-state index < -0.39 is 0 Å². The van der Waals surface area contributed by atoms with Crippen molar-refractivity contribution in [2.45, 2.75) is 12.5 Å². The van der Waals surface area contributed by atoms with Gasteiger partial charge >= 0.3 is 0 Å². The average molecular weight is 300 g/mol. The largest absolute Gasteiger partial charge is 0.379 e. The fraction of sp³-hybridized carbons (Fsp3) is 1.00. The molecule has 2 heterocycles. The van der Waals surface area contributed by atoms with Gasteiger partial charge in [-0.1, -0.05) is 0 Å². The fourth-order valence-corrected chi connectivity index (χ4v) is 2.89. The lowest BCUT2D eigenvalue weighted by Crippen LogP contribution is -2.48. The maximum Gasteiger partial charge on any atom is 0.0826 e. The van der Waals surface area contributed by atoms with Gasteiger partial charge in [-0.2, -0.15) is 0 Å². The van der Waals surface area contributed by atoms with Crippen LogP contribution in [-0.2, 0) is 9.47 Å². The third-order valence-electron chi connectivity index (χ3n) is 4.20. The number of hydrogen-bond donors (Lipinski definition) is 2. The van der Waals surface area contributed by atoms with Crippen molar-refractivity contribution in [3.63, 3.8) is 0 Å². The Kier molecular flexibility index (Phi) is 8.54. The molecule has 0 aromatic rings. The summed E-state index contributed by atoms with van der Waals surface area (Å²) < 4.78 is 11.2. The number of ether oxygens (including phenoxy) is 2. The third kappa shape index (κ3) is 7.04. The molecular weight excluding hydrogens is 268 g/mol. The highest BCUT2D eigenvalue weighted by atomic mass is 16.5. The molecule has 2 aliphatic heterocycles. The predicted octanol–water partition coefficient (Wildman–Crippen LogP) is -0.781. The van der Waals surface area contributed by atoms with E-state index in [1.807, 2.05) is 7.05 Å². The number of nitrogens with zero attached hydrogens (tertiary/aromatic N) is 2. The van der Waals surface area contributed by atoms with E-state index >= 15 is 0 Å². The zero-order valence-corrected chi connectivity index (χ0v) is 13.5. The molecule has 0 aromatic heterocycles. The van der Waals surface area contributed by atoms with Gasteiger partial charge in [0.25, 0.3) is 0 Å². The quantitative estimate of drug-likeness (QED) is 0.545. The van der Waals surface area contributed by atoms with Crippen LogP contribution >= 0.6 is 0 Å². The summed E-state index contributed by atoms with van der Waals surface area (Å²) in [5, 5.41) is 6.76. The summed E-state index contributed by atoms with van der Waals surface area (Å²) in [5.74, 6) is 0. The maximum atomic E-state index is 5.83. The molecule has 6 nitrogen and oxygen atoms in total. The Bertz CT molecular complexity index is 262. The Morgan fingerprint density at radius 2 is 1.81 bits per heavy atom. The van der Waals surface area contributed by atoms with E-state index in [0.29, 0.717) is 6.10 Å². The molecule has 2 aliphatic rings. The molecule has 1 unspecified atom stereocenters. The van der Waals surface area contributed by atoms with Gasteiger partial charge in [0, 0.05) is 45.8 Å². The van der Waals surface area contributed by atoms with Crippen molar-refractivity contribution in [1.29, 1.82) is 0 Å². The van der Waals surface area contributed by atoms with Crippen LogP contribution in [0.15, 0.2) is 0 Å². The van der Waals surface area contributed by atoms with Crippen molar-refractivity contribution in [3.05, 3.63) is 0 Å². The van der Waals surface area contributed by atoms with Gasteiger partial charge in [-0.15, -0.1) is 0 Å². The molecule has 0 aromatic carbocycles. The highest BCUT2D eigenvalue weighted by Gasteiger charge is 2.19. The molecule has 1 atom stereocenters. The van der Waals surface area contributed by atoms with Gasteiger partial charge in [0.15, 0.2) is 0 Å². The van der Waals surface area contributed by atoms with E-state index in [0.717, 1.165) is 72.2 Å². The number of likely N-dealkylation sites (N-methyl/N-ethyl adjacent to an activating group) is 1. The Hall–Kier alpha value is -0.240. The molecular formula is C15H32N4O2. The second kappa shape index (κ2) is 10.5. The number of nitrogens with one attached hydrogen (secondary N) is 2. The van der Waals surface area contributed by atoms with Gasteiger partial charge in [0.05, 0.1) is 25.9 Å². The molecule has 21 heavy (non-hydrogen) atoms. The minimum atomic E-state index is 0.346. The molecule has 0 spiro atoms. The first-order chi connectivity index (χ1) is 10.4. The summed E-state index contributed by atoms with van der Waals surface area (Å²) in [6.45, 7) is 12.4. The lowest BCUT2D eigenvalue weighted by atomic mass is 10.2. The molecule has 0 bridgehead atoms. The van der Waals surface area contributed by atoms with Gasteiger partial charge in [-0.25, -0.2) is 0 Å². The molecule has 0 aliphatic carbocycles. The first-order valence-corrected chi connectivity index (χ1v) is 8.38. The number of hydrogen-bond acceptors (Lipinski definition) is 6. The molecule has 2 fully saturated rings. The topological polar surface area (TPSA) is 49.0 Å². The normalized spacial score (nSPS) is 25.3. The van der Waals surface area contributed by atoms with E-state index in [2.05, 4.69) is 20.4 Å². The third-order valence-corrected chi connectivity index (χ3v) is 4.20. The Morgan fingerprint density at radius 1 is 1.00 bits per heavy atom. The molecule has 2 rings (SSSR count). The molecule has 0 saturated carbocycles. The monoisotopic (exact) mass is 300 g/mol. The first-order valence-electron chi connectivity index (χ1n) is 8.38. The van der Waals surface area contributed by atoms with Crippen molar-refractivity contribution in [1.82, 2.24) is 20.4 Å². The van der Waals surface area contributed by atoms with Gasteiger partial charge in [-0.3, -0.25) is 9.80 Å². The highest BCUT2D eigenvalue weighted by Crippen LogP contribution is 2.04. The summed E-state index contributed by atoms with van der Waals surface area (Å²) >= 11 is 0. The summed E-state index contributed by atoms with van der Waals surface area (Å²) in [7, 11) is 2.01. The summed E-state index contributed by atoms with van der Waals surface area (Å²) in [5.41, 5.74) is 0. The zero-order valence-electron chi connectivity index (χ0n) is 13.5. The van der Waals surface area contributed by atoms with Crippen LogP contribution in [0.4, 0.5) is 0 Å². The highest BCUT2D eigenvalue weighted by molar-refractivity contribution is 4.74. The van der Waals surface area contributed by atoms with Gasteiger partial charge in [0.1, 0.15) is 0 Å². The molecule has 124 valence electrons. The van der Waals surface area contributed by atoms with E-state index in [4.69, 9.17) is 9.47 Å². The Labute approximate surface area is 129 Å². The van der Waals surface area contributed by atoms with Gasteiger partial charge in [0.2, 0.25) is 0 Å². The van der Waals surface area contributed by atoms with E-state index in [1.165, 1.54) is 13.0 Å². The lowest BCUT2D eigenvalue weighted by molar-refractivity contribution is -0.0264. The van der Waals surface area contributed by atoms with E-state index in [1.54, 1.807) is 0 Å². The minimum absolute atomic E-state index is 0.346. The van der Waals surface area contributed by atoms with Crippen molar-refractivity contribution < 1.29 is 9.47 Å². The zero-order chi connectivity index (χ0) is 14.8. The van der Waals surface area contributed by atoms with Crippen LogP contribution in [0, 0.1) is 0 Å². The fourth-order valence-electron chi connectivity index (χ4n) is 2.89. The van der Waals surface area contributed by atoms with Crippen molar-refractivity contribution in [2.24, 2.45) is 0 Å². The van der Waals surface area contributed by atoms with Crippen LogP contribution in [0.1, 0.15) is 6.42 Å². The molecule has 6 heteroatoms. The summed E-state index contributed by atoms with van der Waals surface area (Å²) in [6, 6.07) is 0. The maximum absolute atomic E-state index is 5.83. The summed E-state index contributed by atoms with van der Waals surface area (Å²) in [6.07, 6.45) is 1.55. The number of morpholine rings is 2. The van der Waals surface area contributed by atoms with Crippen molar-refractivity contribution >= 4 is 0 Å². The Morgan fingerprint density at radius 3 is 2.62 bits per heavy atom. The van der Waals surface area contributed by atoms with Crippen LogP contribution < -0.4 is 10.6 Å². The number of rotatable bonds is 9. The van der Waals surface area contributed by atoms with Gasteiger partial charge in [-0.05, 0) is 26.6 Å². The van der Waals surface area contributed by atoms with Crippen LogP contribution in [0.3, 0.4) is 0 Å². The minimum Gasteiger partial charge on any atom is -0.379 e. The van der Waals surface area contributed by atoms with Crippen LogP contribution in [0.2, 0.25) is 0 Å². The molecule has 0 amide bonds.